The molecular formula is C52H34N2. The summed E-state index contributed by atoms with van der Waals surface area (Å²) in [4.78, 5) is 0. The van der Waals surface area contributed by atoms with E-state index in [1.807, 2.05) is 0 Å². The summed E-state index contributed by atoms with van der Waals surface area (Å²) in [6.07, 6.45) is 0. The summed E-state index contributed by atoms with van der Waals surface area (Å²) in [5, 5.41) is 7.59. The van der Waals surface area contributed by atoms with Crippen LogP contribution in [0.2, 0.25) is 0 Å². The monoisotopic (exact) mass is 686 g/mol. The third kappa shape index (κ3) is 4.81. The molecule has 2 heteroatoms. The van der Waals surface area contributed by atoms with Crippen LogP contribution < -0.4 is 0 Å². The molecule has 54 heavy (non-hydrogen) atoms. The van der Waals surface area contributed by atoms with E-state index in [0.717, 1.165) is 5.69 Å². The van der Waals surface area contributed by atoms with Gasteiger partial charge in [-0.2, -0.15) is 0 Å². The van der Waals surface area contributed by atoms with E-state index in [9.17, 15) is 0 Å². The van der Waals surface area contributed by atoms with E-state index >= 15 is 0 Å². The van der Waals surface area contributed by atoms with Gasteiger partial charge in [0.2, 0.25) is 0 Å². The van der Waals surface area contributed by atoms with E-state index in [0.29, 0.717) is 0 Å². The maximum absolute atomic E-state index is 2.44. The summed E-state index contributed by atoms with van der Waals surface area (Å²) in [6.45, 7) is 0. The van der Waals surface area contributed by atoms with Gasteiger partial charge >= 0.3 is 0 Å². The number of benzene rings is 9. The van der Waals surface area contributed by atoms with Crippen molar-refractivity contribution in [2.75, 3.05) is 0 Å². The molecule has 0 saturated carbocycles. The molecule has 0 radical (unpaired) electrons. The van der Waals surface area contributed by atoms with E-state index in [1.165, 1.54) is 93.5 Å². The number of hydrogen-bond donors (Lipinski definition) is 0. The van der Waals surface area contributed by atoms with Crippen molar-refractivity contribution < 1.29 is 0 Å². The Hall–Kier alpha value is -7.16. The van der Waals surface area contributed by atoms with Crippen molar-refractivity contribution in [3.63, 3.8) is 0 Å². The van der Waals surface area contributed by atoms with E-state index in [1.54, 1.807) is 0 Å². The molecule has 2 nitrogen and oxygen atoms in total. The summed E-state index contributed by atoms with van der Waals surface area (Å²) in [6, 6.07) is 75.2. The van der Waals surface area contributed by atoms with Gasteiger partial charge in [-0.25, -0.2) is 0 Å². The second-order valence-corrected chi connectivity index (χ2v) is 14.2. The molecule has 0 aliphatic rings. The van der Waals surface area contributed by atoms with Gasteiger partial charge in [0.25, 0.3) is 0 Å². The Bertz CT molecular complexity index is 3110. The first-order chi connectivity index (χ1) is 26.8. The van der Waals surface area contributed by atoms with Gasteiger partial charge in [-0.3, -0.25) is 0 Å². The Labute approximate surface area is 313 Å². The van der Waals surface area contributed by atoms with Crippen molar-refractivity contribution in [2.45, 2.75) is 0 Å². The summed E-state index contributed by atoms with van der Waals surface area (Å²) >= 11 is 0. The Morgan fingerprint density at radius 3 is 1.30 bits per heavy atom. The zero-order chi connectivity index (χ0) is 35.6. The van der Waals surface area contributed by atoms with Crippen molar-refractivity contribution in [3.05, 3.63) is 206 Å². The molecule has 2 heterocycles. The van der Waals surface area contributed by atoms with Crippen molar-refractivity contribution in [1.82, 2.24) is 9.13 Å². The summed E-state index contributed by atoms with van der Waals surface area (Å²) < 4.78 is 4.88. The lowest BCUT2D eigenvalue weighted by Crippen LogP contribution is -1.95. The highest BCUT2D eigenvalue weighted by atomic mass is 15.0. The Morgan fingerprint density at radius 1 is 0.241 bits per heavy atom. The average molecular weight is 687 g/mol. The highest BCUT2D eigenvalue weighted by molar-refractivity contribution is 6.29. The molecule has 0 aliphatic heterocycles. The van der Waals surface area contributed by atoms with E-state index < -0.39 is 0 Å². The summed E-state index contributed by atoms with van der Waals surface area (Å²) in [5.41, 5.74) is 14.4. The van der Waals surface area contributed by atoms with Crippen LogP contribution in [0.3, 0.4) is 0 Å². The van der Waals surface area contributed by atoms with Crippen LogP contribution in [0.1, 0.15) is 0 Å². The molecule has 0 atom stereocenters. The zero-order valence-electron chi connectivity index (χ0n) is 29.5. The van der Waals surface area contributed by atoms with Gasteiger partial charge in [-0.1, -0.05) is 133 Å². The topological polar surface area (TPSA) is 9.86 Å². The van der Waals surface area contributed by atoms with Gasteiger partial charge in [0, 0.05) is 32.9 Å². The van der Waals surface area contributed by atoms with Crippen LogP contribution in [0.4, 0.5) is 0 Å². The van der Waals surface area contributed by atoms with Crippen LogP contribution in [0, 0.1) is 0 Å². The number of rotatable bonds is 5. The summed E-state index contributed by atoms with van der Waals surface area (Å²) in [5.74, 6) is 0. The fourth-order valence-corrected chi connectivity index (χ4v) is 8.58. The minimum Gasteiger partial charge on any atom is -0.309 e. The van der Waals surface area contributed by atoms with Crippen molar-refractivity contribution in [2.24, 2.45) is 0 Å². The maximum Gasteiger partial charge on any atom is 0.0548 e. The van der Waals surface area contributed by atoms with E-state index in [4.69, 9.17) is 0 Å². The molecule has 0 unspecified atom stereocenters. The summed E-state index contributed by atoms with van der Waals surface area (Å²) in [7, 11) is 0. The van der Waals surface area contributed by atoms with Crippen LogP contribution in [0.15, 0.2) is 206 Å². The zero-order valence-corrected chi connectivity index (χ0v) is 29.5. The SMILES string of the molecule is c1ccc(-c2cc(-c3ccccc3)cc(-c3ccc(-n4c5ccccc5c5c6c7cc8ccccc8cc7n(-c7ccccc7)c6ccc54)cc3)c2)cc1. The van der Waals surface area contributed by atoms with E-state index in [2.05, 4.69) is 215 Å². The minimum atomic E-state index is 1.14. The van der Waals surface area contributed by atoms with Gasteiger partial charge in [0.05, 0.1) is 22.1 Å². The highest BCUT2D eigenvalue weighted by Gasteiger charge is 2.21. The smallest absolute Gasteiger partial charge is 0.0548 e. The second kappa shape index (κ2) is 12.2. The molecule has 0 fully saturated rings. The van der Waals surface area contributed by atoms with Gasteiger partial charge in [0.1, 0.15) is 0 Å². The third-order valence-corrected chi connectivity index (χ3v) is 11.1. The first-order valence-electron chi connectivity index (χ1n) is 18.6. The number of aromatic nitrogens is 2. The molecule has 11 rings (SSSR count). The normalized spacial score (nSPS) is 11.7. The first-order valence-corrected chi connectivity index (χ1v) is 18.6. The van der Waals surface area contributed by atoms with Crippen LogP contribution >= 0.6 is 0 Å². The van der Waals surface area contributed by atoms with Crippen LogP contribution in [-0.2, 0) is 0 Å². The fraction of sp³-hybridized carbons (Fsp3) is 0. The van der Waals surface area contributed by atoms with E-state index in [-0.39, 0.29) is 0 Å². The van der Waals surface area contributed by atoms with Gasteiger partial charge in [-0.05, 0) is 117 Å². The Morgan fingerprint density at radius 2 is 0.685 bits per heavy atom. The van der Waals surface area contributed by atoms with Crippen molar-refractivity contribution >= 4 is 54.4 Å². The Balaban J connectivity index is 1.13. The molecule has 0 amide bonds. The molecule has 0 bridgehead atoms. The minimum absolute atomic E-state index is 1.14. The molecule has 0 aliphatic carbocycles. The molecule has 0 saturated heterocycles. The third-order valence-electron chi connectivity index (χ3n) is 11.1. The van der Waals surface area contributed by atoms with Crippen LogP contribution in [0.5, 0.6) is 0 Å². The number of hydrogen-bond acceptors (Lipinski definition) is 0. The van der Waals surface area contributed by atoms with Gasteiger partial charge < -0.3 is 9.13 Å². The predicted molar refractivity (Wildman–Crippen MR) is 229 cm³/mol. The van der Waals surface area contributed by atoms with Crippen molar-refractivity contribution in [1.29, 1.82) is 0 Å². The lowest BCUT2D eigenvalue weighted by Gasteiger charge is -2.13. The molecule has 0 N–H and O–H groups in total. The number of fused-ring (bicyclic) bond motifs is 8. The molecule has 0 spiro atoms. The van der Waals surface area contributed by atoms with Gasteiger partial charge in [0.15, 0.2) is 0 Å². The molecular weight excluding hydrogens is 653 g/mol. The van der Waals surface area contributed by atoms with Gasteiger partial charge in [-0.15, -0.1) is 0 Å². The second-order valence-electron chi connectivity index (χ2n) is 14.2. The standard InChI is InChI=1S/C52H34N2/c1-4-14-35(15-5-1)40-30-41(36-16-6-2-7-17-36)32-42(31-40)37-24-26-44(27-25-37)53-47-23-13-12-22-45(47)51-48(53)28-29-49-52(51)46-33-38-18-10-11-19-39(38)34-50(46)54(49)43-20-8-3-9-21-43/h1-34H. The predicted octanol–water partition coefficient (Wildman–Crippen LogP) is 14.0. The molecule has 2 aromatic heterocycles. The lowest BCUT2D eigenvalue weighted by molar-refractivity contribution is 1.17. The number of nitrogens with zero attached hydrogens (tertiary/aromatic N) is 2. The van der Waals surface area contributed by atoms with Crippen molar-refractivity contribution in [3.8, 4) is 44.8 Å². The first kappa shape index (κ1) is 30.5. The fourth-order valence-electron chi connectivity index (χ4n) is 8.58. The quantitative estimate of drug-likeness (QED) is 0.171. The van der Waals surface area contributed by atoms with Crippen LogP contribution in [0.25, 0.3) is 99.1 Å². The average Bonchev–Trinajstić information content (AvgIpc) is 3.76. The largest absolute Gasteiger partial charge is 0.309 e. The molecule has 9 aromatic carbocycles. The molecule has 252 valence electrons. The lowest BCUT2D eigenvalue weighted by atomic mass is 9.93. The van der Waals surface area contributed by atoms with Crippen LogP contribution in [-0.4, -0.2) is 9.13 Å². The highest BCUT2D eigenvalue weighted by Crippen LogP contribution is 2.43. The number of para-hydroxylation sites is 2. The molecule has 11 aromatic rings. The maximum atomic E-state index is 2.44. The Kier molecular flexibility index (Phi) is 6.90.